The van der Waals surface area contributed by atoms with E-state index in [4.69, 9.17) is 5.73 Å². The van der Waals surface area contributed by atoms with Crippen molar-refractivity contribution in [1.29, 1.82) is 0 Å². The molecule has 0 amide bonds. The molecule has 88 valence electrons. The summed E-state index contributed by atoms with van der Waals surface area (Å²) in [5.41, 5.74) is 5.34. The highest BCUT2D eigenvalue weighted by Gasteiger charge is 2.45. The minimum Gasteiger partial charge on any atom is -0.481 e. The number of carboxylic acid groups (broad SMARTS) is 1. The summed E-state index contributed by atoms with van der Waals surface area (Å²) < 4.78 is 0. The fourth-order valence-electron chi connectivity index (χ4n) is 2.78. The van der Waals surface area contributed by atoms with E-state index in [1.54, 1.807) is 0 Å². The Morgan fingerprint density at radius 3 is 2.47 bits per heavy atom. The van der Waals surface area contributed by atoms with E-state index in [1.807, 2.05) is 0 Å². The van der Waals surface area contributed by atoms with Crippen LogP contribution in [0.2, 0.25) is 0 Å². The van der Waals surface area contributed by atoms with E-state index < -0.39 is 11.4 Å². The van der Waals surface area contributed by atoms with E-state index in [9.17, 15) is 9.90 Å². The highest BCUT2D eigenvalue weighted by molar-refractivity contribution is 5.75. The minimum absolute atomic E-state index is 0.214. The first-order valence-electron chi connectivity index (χ1n) is 6.02. The summed E-state index contributed by atoms with van der Waals surface area (Å²) in [6.45, 7) is 4.19. The van der Waals surface area contributed by atoms with Gasteiger partial charge < -0.3 is 10.8 Å². The Balaban J connectivity index is 2.75. The quantitative estimate of drug-likeness (QED) is 0.753. The van der Waals surface area contributed by atoms with Gasteiger partial charge in [0.1, 0.15) is 0 Å². The normalized spacial score (nSPS) is 33.7. The van der Waals surface area contributed by atoms with Crippen molar-refractivity contribution < 1.29 is 9.90 Å². The van der Waals surface area contributed by atoms with Crippen LogP contribution in [-0.2, 0) is 4.79 Å². The maximum atomic E-state index is 11.5. The molecule has 1 atom stereocenters. The second-order valence-corrected chi connectivity index (χ2v) is 4.99. The number of nitrogens with two attached hydrogens (primary N) is 1. The molecule has 3 N–H and O–H groups in total. The molecule has 1 unspecified atom stereocenters. The van der Waals surface area contributed by atoms with E-state index in [1.165, 1.54) is 0 Å². The lowest BCUT2D eigenvalue weighted by Gasteiger charge is -2.40. The third-order valence-electron chi connectivity index (χ3n) is 4.01. The average molecular weight is 213 g/mol. The molecule has 1 rings (SSSR count). The van der Waals surface area contributed by atoms with Gasteiger partial charge in [-0.25, -0.2) is 0 Å². The lowest BCUT2D eigenvalue weighted by molar-refractivity contribution is -0.155. The number of carboxylic acids is 1. The fraction of sp³-hybridized carbons (Fsp3) is 0.917. The van der Waals surface area contributed by atoms with Gasteiger partial charge in [0.15, 0.2) is 0 Å². The van der Waals surface area contributed by atoms with Crippen molar-refractivity contribution >= 4 is 5.97 Å². The Kier molecular flexibility index (Phi) is 4.14. The molecule has 0 radical (unpaired) electrons. The molecule has 1 fully saturated rings. The molecule has 1 aliphatic carbocycles. The van der Waals surface area contributed by atoms with E-state index in [-0.39, 0.29) is 12.0 Å². The molecule has 0 heterocycles. The molecule has 0 bridgehead atoms. The lowest BCUT2D eigenvalue weighted by atomic mass is 9.64. The minimum atomic E-state index is -0.615. The summed E-state index contributed by atoms with van der Waals surface area (Å²) in [7, 11) is 0. The Morgan fingerprint density at radius 2 is 2.07 bits per heavy atom. The predicted molar refractivity (Wildman–Crippen MR) is 60.6 cm³/mol. The van der Waals surface area contributed by atoms with Gasteiger partial charge in [-0.3, -0.25) is 4.79 Å². The monoisotopic (exact) mass is 213 g/mol. The first-order valence-corrected chi connectivity index (χ1v) is 6.02. The van der Waals surface area contributed by atoms with Crippen molar-refractivity contribution in [3.63, 3.8) is 0 Å². The Bertz CT molecular complexity index is 220. The number of carbonyl (C=O) groups is 1. The zero-order valence-corrected chi connectivity index (χ0v) is 9.83. The van der Waals surface area contributed by atoms with E-state index in [0.717, 1.165) is 38.5 Å². The molecule has 0 aliphatic heterocycles. The van der Waals surface area contributed by atoms with Crippen LogP contribution in [0, 0.1) is 11.3 Å². The van der Waals surface area contributed by atoms with E-state index in [2.05, 4.69) is 13.8 Å². The van der Waals surface area contributed by atoms with Crippen molar-refractivity contribution in [3.8, 4) is 0 Å². The van der Waals surface area contributed by atoms with Gasteiger partial charge in [0.05, 0.1) is 5.41 Å². The zero-order valence-electron chi connectivity index (χ0n) is 9.83. The summed E-state index contributed by atoms with van der Waals surface area (Å²) in [6.07, 6.45) is 5.29. The van der Waals surface area contributed by atoms with Gasteiger partial charge in [-0.15, -0.1) is 0 Å². The summed E-state index contributed by atoms with van der Waals surface area (Å²) >= 11 is 0. The Morgan fingerprint density at radius 1 is 1.53 bits per heavy atom. The molecule has 0 aromatic carbocycles. The van der Waals surface area contributed by atoms with E-state index in [0.29, 0.717) is 0 Å². The van der Waals surface area contributed by atoms with Crippen molar-refractivity contribution in [3.05, 3.63) is 0 Å². The smallest absolute Gasteiger partial charge is 0.309 e. The maximum absolute atomic E-state index is 11.5. The van der Waals surface area contributed by atoms with Gasteiger partial charge in [-0.05, 0) is 38.0 Å². The lowest BCUT2D eigenvalue weighted by Crippen LogP contribution is -2.43. The van der Waals surface area contributed by atoms with Crippen LogP contribution < -0.4 is 5.73 Å². The van der Waals surface area contributed by atoms with Gasteiger partial charge in [0.25, 0.3) is 0 Å². The van der Waals surface area contributed by atoms with Crippen LogP contribution in [0.25, 0.3) is 0 Å². The van der Waals surface area contributed by atoms with Crippen molar-refractivity contribution in [2.75, 3.05) is 0 Å². The molecule has 0 aromatic rings. The maximum Gasteiger partial charge on any atom is 0.309 e. The molecular weight excluding hydrogens is 190 g/mol. The third-order valence-corrected chi connectivity index (χ3v) is 4.01. The molecule has 15 heavy (non-hydrogen) atoms. The number of aliphatic carboxylic acids is 1. The second-order valence-electron chi connectivity index (χ2n) is 4.99. The first-order chi connectivity index (χ1) is 7.03. The van der Waals surface area contributed by atoms with Crippen molar-refractivity contribution in [1.82, 2.24) is 0 Å². The van der Waals surface area contributed by atoms with Crippen LogP contribution in [-0.4, -0.2) is 17.1 Å². The van der Waals surface area contributed by atoms with Gasteiger partial charge >= 0.3 is 5.97 Å². The van der Waals surface area contributed by atoms with Crippen LogP contribution in [0.3, 0.4) is 0 Å². The van der Waals surface area contributed by atoms with Crippen molar-refractivity contribution in [2.45, 2.75) is 58.4 Å². The number of hydrogen-bond acceptors (Lipinski definition) is 2. The second kappa shape index (κ2) is 4.97. The summed E-state index contributed by atoms with van der Waals surface area (Å²) in [6, 6.07) is 0.214. The first kappa shape index (κ1) is 12.5. The molecular formula is C12H23NO2. The molecule has 1 aliphatic rings. The standard InChI is InChI=1S/C12H23NO2/c1-3-4-9(2)12(11(14)15)7-5-10(13)6-8-12/h9-10H,3-8,13H2,1-2H3,(H,14,15). The summed E-state index contributed by atoms with van der Waals surface area (Å²) in [5, 5.41) is 9.43. The average Bonchev–Trinajstić information content (AvgIpc) is 2.19. The van der Waals surface area contributed by atoms with Crippen LogP contribution >= 0.6 is 0 Å². The van der Waals surface area contributed by atoms with Crippen LogP contribution in [0.15, 0.2) is 0 Å². The van der Waals surface area contributed by atoms with Gasteiger partial charge in [-0.1, -0.05) is 20.3 Å². The molecule has 3 heteroatoms. The number of rotatable bonds is 4. The largest absolute Gasteiger partial charge is 0.481 e. The van der Waals surface area contributed by atoms with E-state index >= 15 is 0 Å². The SMILES string of the molecule is CCCC(C)C1(C(=O)O)CCC(N)CC1. The topological polar surface area (TPSA) is 63.3 Å². The molecule has 0 spiro atoms. The van der Waals surface area contributed by atoms with Gasteiger partial charge in [0, 0.05) is 6.04 Å². The molecule has 3 nitrogen and oxygen atoms in total. The highest BCUT2D eigenvalue weighted by atomic mass is 16.4. The van der Waals surface area contributed by atoms with Crippen LogP contribution in [0.4, 0.5) is 0 Å². The van der Waals surface area contributed by atoms with Crippen molar-refractivity contribution in [2.24, 2.45) is 17.1 Å². The number of hydrogen-bond donors (Lipinski definition) is 2. The predicted octanol–water partition coefficient (Wildman–Crippen LogP) is 2.39. The Hall–Kier alpha value is -0.570. The molecule has 1 saturated carbocycles. The molecule has 0 saturated heterocycles. The highest BCUT2D eigenvalue weighted by Crippen LogP contribution is 2.44. The Labute approximate surface area is 92.0 Å². The summed E-state index contributed by atoms with van der Waals surface area (Å²) in [5.74, 6) is -0.345. The van der Waals surface area contributed by atoms with Gasteiger partial charge in [0.2, 0.25) is 0 Å². The third kappa shape index (κ3) is 2.51. The molecule has 0 aromatic heterocycles. The summed E-state index contributed by atoms with van der Waals surface area (Å²) in [4.78, 5) is 11.5. The zero-order chi connectivity index (χ0) is 11.5. The fourth-order valence-corrected chi connectivity index (χ4v) is 2.78. The van der Waals surface area contributed by atoms with Gasteiger partial charge in [-0.2, -0.15) is 0 Å². The van der Waals surface area contributed by atoms with Crippen LogP contribution in [0.5, 0.6) is 0 Å². The van der Waals surface area contributed by atoms with Crippen LogP contribution in [0.1, 0.15) is 52.4 Å².